The Balaban J connectivity index is 2.90. The van der Waals surface area contributed by atoms with Crippen molar-refractivity contribution >= 4 is 23.3 Å². The molecule has 0 heterocycles. The van der Waals surface area contributed by atoms with Crippen LogP contribution in [0.15, 0.2) is 29.4 Å². The molecule has 6 nitrogen and oxygen atoms in total. The van der Waals surface area contributed by atoms with Gasteiger partial charge in [0.25, 0.3) is 5.71 Å². The molecule has 0 bridgehead atoms. The van der Waals surface area contributed by atoms with Gasteiger partial charge in [-0.05, 0) is 24.6 Å². The zero-order chi connectivity index (χ0) is 13.5. The average molecular weight is 250 g/mol. The van der Waals surface area contributed by atoms with Gasteiger partial charge in [0, 0.05) is 0 Å². The van der Waals surface area contributed by atoms with Crippen LogP contribution in [0.1, 0.15) is 5.56 Å². The third-order valence-electron chi connectivity index (χ3n) is 2.07. The Kier molecular flexibility index (Phi) is 4.86. The topological polar surface area (TPSA) is 77.0 Å². The molecule has 0 saturated carbocycles. The second-order valence-corrected chi connectivity index (χ2v) is 3.42. The number of esters is 2. The van der Waals surface area contributed by atoms with Crippen LogP contribution in [0.25, 0.3) is 0 Å². The first-order chi connectivity index (χ1) is 8.58. The van der Waals surface area contributed by atoms with E-state index in [2.05, 4.69) is 20.0 Å². The molecule has 0 atom stereocenters. The van der Waals surface area contributed by atoms with E-state index in [1.165, 1.54) is 0 Å². The third kappa shape index (κ3) is 3.58. The average Bonchev–Trinajstić information content (AvgIpc) is 2.38. The maximum Gasteiger partial charge on any atom is 0.366 e. The van der Waals surface area contributed by atoms with Crippen molar-refractivity contribution in [1.29, 1.82) is 0 Å². The number of aryl methyl sites for hydroxylation is 1. The van der Waals surface area contributed by atoms with E-state index in [-0.39, 0.29) is 0 Å². The highest BCUT2D eigenvalue weighted by molar-refractivity contribution is 6.62. The lowest BCUT2D eigenvalue weighted by Crippen LogP contribution is -2.27. The number of rotatable bonds is 4. The number of carbonyl (C=O) groups excluding carboxylic acids is 2. The first-order valence-electron chi connectivity index (χ1n) is 5.15. The van der Waals surface area contributed by atoms with Crippen molar-refractivity contribution in [3.63, 3.8) is 0 Å². The summed E-state index contributed by atoms with van der Waals surface area (Å²) in [5.74, 6) is -1.72. The van der Waals surface area contributed by atoms with Crippen molar-refractivity contribution < 1.29 is 19.1 Å². The molecule has 0 saturated heterocycles. The number of benzene rings is 1. The Morgan fingerprint density at radius 1 is 1.17 bits per heavy atom. The van der Waals surface area contributed by atoms with E-state index in [0.29, 0.717) is 5.69 Å². The van der Waals surface area contributed by atoms with Gasteiger partial charge >= 0.3 is 11.9 Å². The highest BCUT2D eigenvalue weighted by Crippen LogP contribution is 2.09. The van der Waals surface area contributed by atoms with Crippen LogP contribution < -0.4 is 5.43 Å². The van der Waals surface area contributed by atoms with Crippen LogP contribution in [-0.4, -0.2) is 31.9 Å². The summed E-state index contributed by atoms with van der Waals surface area (Å²) >= 11 is 0. The van der Waals surface area contributed by atoms with Crippen molar-refractivity contribution in [1.82, 2.24) is 0 Å². The van der Waals surface area contributed by atoms with Crippen LogP contribution in [-0.2, 0) is 19.1 Å². The Morgan fingerprint density at radius 3 is 2.28 bits per heavy atom. The molecule has 0 fully saturated rings. The minimum Gasteiger partial charge on any atom is -0.464 e. The standard InChI is InChI=1S/C12H14N2O4/c1-8-5-4-6-9(7-8)13-14-10(11(15)17-2)12(16)18-3/h4-7,13H,1-3H3. The van der Waals surface area contributed by atoms with Crippen molar-refractivity contribution in [2.75, 3.05) is 19.6 Å². The zero-order valence-corrected chi connectivity index (χ0v) is 10.4. The number of hydrogen-bond acceptors (Lipinski definition) is 6. The molecule has 18 heavy (non-hydrogen) atoms. The molecular formula is C12H14N2O4. The van der Waals surface area contributed by atoms with E-state index in [9.17, 15) is 9.59 Å². The van der Waals surface area contributed by atoms with Crippen LogP contribution in [0, 0.1) is 6.92 Å². The van der Waals surface area contributed by atoms with Gasteiger partial charge < -0.3 is 9.47 Å². The number of hydrogen-bond donors (Lipinski definition) is 1. The molecule has 1 N–H and O–H groups in total. The van der Waals surface area contributed by atoms with Crippen LogP contribution >= 0.6 is 0 Å². The minimum atomic E-state index is -0.859. The number of carbonyl (C=O) groups is 2. The SMILES string of the molecule is COC(=O)C(=NNc1cccc(C)c1)C(=O)OC. The van der Waals surface area contributed by atoms with Gasteiger partial charge in [-0.3, -0.25) is 5.43 Å². The third-order valence-corrected chi connectivity index (χ3v) is 2.07. The number of methoxy groups -OCH3 is 2. The molecule has 1 aromatic rings. The van der Waals surface area contributed by atoms with Crippen molar-refractivity contribution in [3.05, 3.63) is 29.8 Å². The van der Waals surface area contributed by atoms with Gasteiger partial charge in [-0.2, -0.15) is 5.10 Å². The van der Waals surface area contributed by atoms with Crippen LogP contribution in [0.5, 0.6) is 0 Å². The van der Waals surface area contributed by atoms with Gasteiger partial charge in [0.15, 0.2) is 0 Å². The fourth-order valence-corrected chi connectivity index (χ4v) is 1.20. The Labute approximate surface area is 105 Å². The summed E-state index contributed by atoms with van der Waals surface area (Å²) in [6.45, 7) is 1.91. The fourth-order valence-electron chi connectivity index (χ4n) is 1.20. The summed E-state index contributed by atoms with van der Waals surface area (Å²) in [6, 6.07) is 7.30. The maximum atomic E-state index is 11.3. The largest absolute Gasteiger partial charge is 0.464 e. The van der Waals surface area contributed by atoms with Crippen molar-refractivity contribution in [2.45, 2.75) is 6.92 Å². The quantitative estimate of drug-likeness (QED) is 0.375. The van der Waals surface area contributed by atoms with Crippen LogP contribution in [0.4, 0.5) is 5.69 Å². The fraction of sp³-hybridized carbons (Fsp3) is 0.250. The van der Waals surface area contributed by atoms with Gasteiger partial charge in [0.05, 0.1) is 19.9 Å². The van der Waals surface area contributed by atoms with E-state index in [0.717, 1.165) is 19.8 Å². The van der Waals surface area contributed by atoms with Gasteiger partial charge in [-0.1, -0.05) is 12.1 Å². The van der Waals surface area contributed by atoms with Gasteiger partial charge in [-0.15, -0.1) is 0 Å². The maximum absolute atomic E-state index is 11.3. The number of anilines is 1. The number of ether oxygens (including phenoxy) is 2. The zero-order valence-electron chi connectivity index (χ0n) is 10.4. The summed E-state index contributed by atoms with van der Waals surface area (Å²) in [5.41, 5.74) is 3.83. The molecule has 1 rings (SSSR count). The van der Waals surface area contributed by atoms with Crippen molar-refractivity contribution in [3.8, 4) is 0 Å². The smallest absolute Gasteiger partial charge is 0.366 e. The minimum absolute atomic E-state index is 0.443. The van der Waals surface area contributed by atoms with Gasteiger partial charge in [-0.25, -0.2) is 9.59 Å². The Morgan fingerprint density at radius 2 is 1.78 bits per heavy atom. The van der Waals surface area contributed by atoms with E-state index in [1.54, 1.807) is 6.07 Å². The summed E-state index contributed by atoms with van der Waals surface area (Å²) < 4.78 is 8.87. The number of hydrazone groups is 1. The highest BCUT2D eigenvalue weighted by atomic mass is 16.5. The molecule has 0 amide bonds. The Bertz CT molecular complexity index is 465. The van der Waals surface area contributed by atoms with E-state index >= 15 is 0 Å². The molecule has 0 unspecified atom stereocenters. The van der Waals surface area contributed by atoms with Crippen molar-refractivity contribution in [2.24, 2.45) is 5.10 Å². The molecule has 0 aliphatic carbocycles. The Hall–Kier alpha value is -2.37. The second-order valence-electron chi connectivity index (χ2n) is 3.42. The molecule has 96 valence electrons. The summed E-state index contributed by atoms with van der Waals surface area (Å²) in [4.78, 5) is 22.6. The molecule has 1 aromatic carbocycles. The van der Waals surface area contributed by atoms with E-state index in [4.69, 9.17) is 0 Å². The van der Waals surface area contributed by atoms with E-state index in [1.807, 2.05) is 25.1 Å². The molecule has 0 radical (unpaired) electrons. The predicted molar refractivity (Wildman–Crippen MR) is 66.3 cm³/mol. The lowest BCUT2D eigenvalue weighted by atomic mass is 10.2. The molecule has 6 heteroatoms. The van der Waals surface area contributed by atoms with Crippen LogP contribution in [0.2, 0.25) is 0 Å². The first-order valence-corrected chi connectivity index (χ1v) is 5.15. The summed E-state index contributed by atoms with van der Waals surface area (Å²) in [7, 11) is 2.32. The number of nitrogens with one attached hydrogen (secondary N) is 1. The lowest BCUT2D eigenvalue weighted by Gasteiger charge is -2.04. The molecule has 0 spiro atoms. The number of nitrogens with zero attached hydrogens (tertiary/aromatic N) is 1. The summed E-state index contributed by atoms with van der Waals surface area (Å²) in [5, 5.41) is 3.69. The normalized spacial score (nSPS) is 9.28. The first kappa shape index (κ1) is 13.7. The summed E-state index contributed by atoms with van der Waals surface area (Å²) in [6.07, 6.45) is 0. The second kappa shape index (κ2) is 6.39. The lowest BCUT2D eigenvalue weighted by molar-refractivity contribution is -0.138. The van der Waals surface area contributed by atoms with E-state index < -0.39 is 17.7 Å². The molecule has 0 aliphatic rings. The predicted octanol–water partition coefficient (Wildman–Crippen LogP) is 1.11. The van der Waals surface area contributed by atoms with Crippen LogP contribution in [0.3, 0.4) is 0 Å². The highest BCUT2D eigenvalue weighted by Gasteiger charge is 2.22. The molecule has 0 aliphatic heterocycles. The molecule has 0 aromatic heterocycles. The molecular weight excluding hydrogens is 236 g/mol. The van der Waals surface area contributed by atoms with Gasteiger partial charge in [0.2, 0.25) is 0 Å². The van der Waals surface area contributed by atoms with Gasteiger partial charge in [0.1, 0.15) is 0 Å². The monoisotopic (exact) mass is 250 g/mol.